The van der Waals surface area contributed by atoms with Crippen molar-refractivity contribution >= 4 is 21.6 Å². The Balaban J connectivity index is 2.08. The molecule has 0 aliphatic carbocycles. The van der Waals surface area contributed by atoms with Gasteiger partial charge < -0.3 is 10.1 Å². The Labute approximate surface area is 165 Å². The second kappa shape index (κ2) is 9.35. The molecule has 0 radical (unpaired) electrons. The first-order valence-electron chi connectivity index (χ1n) is 8.63. The molecule has 8 heteroatoms. The lowest BCUT2D eigenvalue weighted by Gasteiger charge is -2.14. The van der Waals surface area contributed by atoms with Gasteiger partial charge in [-0.25, -0.2) is 12.7 Å². The van der Waals surface area contributed by atoms with Crippen molar-refractivity contribution in [3.63, 3.8) is 0 Å². The van der Waals surface area contributed by atoms with Crippen LogP contribution in [0.3, 0.4) is 0 Å². The van der Waals surface area contributed by atoms with Gasteiger partial charge in [0, 0.05) is 26.2 Å². The summed E-state index contributed by atoms with van der Waals surface area (Å²) >= 11 is 0. The van der Waals surface area contributed by atoms with E-state index >= 15 is 0 Å². The highest BCUT2D eigenvalue weighted by atomic mass is 32.2. The minimum absolute atomic E-state index is 0.154. The number of amides is 1. The van der Waals surface area contributed by atoms with Crippen LogP contribution in [0.5, 0.6) is 5.75 Å². The Kier molecular flexibility index (Phi) is 7.15. The molecule has 7 nitrogen and oxygen atoms in total. The number of methoxy groups -OCH3 is 1. The maximum absolute atomic E-state index is 12.3. The summed E-state index contributed by atoms with van der Waals surface area (Å²) in [6, 6.07) is 13.8. The zero-order valence-corrected chi connectivity index (χ0v) is 16.9. The molecule has 0 unspecified atom stereocenters. The largest absolute Gasteiger partial charge is 0.496 e. The molecule has 0 atom stereocenters. The van der Waals surface area contributed by atoms with Crippen LogP contribution in [0.25, 0.3) is 0 Å². The second-order valence-corrected chi connectivity index (χ2v) is 8.49. The van der Waals surface area contributed by atoms with E-state index in [1.165, 1.54) is 33.3 Å². The molecule has 0 aliphatic heterocycles. The predicted octanol–water partition coefficient (Wildman–Crippen LogP) is 2.58. The van der Waals surface area contributed by atoms with Gasteiger partial charge in [0.1, 0.15) is 5.75 Å². The van der Waals surface area contributed by atoms with Crippen molar-refractivity contribution in [1.29, 1.82) is 5.26 Å². The summed E-state index contributed by atoms with van der Waals surface area (Å²) < 4.78 is 31.1. The molecule has 0 spiro atoms. The number of hydrogen-bond acceptors (Lipinski definition) is 5. The number of aryl methyl sites for hydroxylation is 1. The third kappa shape index (κ3) is 5.31. The van der Waals surface area contributed by atoms with Crippen LogP contribution in [-0.4, -0.2) is 39.8 Å². The van der Waals surface area contributed by atoms with Gasteiger partial charge in [0.05, 0.1) is 24.5 Å². The summed E-state index contributed by atoms with van der Waals surface area (Å²) in [5.74, 6) is 0.335. The van der Waals surface area contributed by atoms with Crippen molar-refractivity contribution in [2.75, 3.05) is 26.5 Å². The van der Waals surface area contributed by atoms with Gasteiger partial charge in [0.2, 0.25) is 15.9 Å². The molecule has 2 aromatic carbocycles. The van der Waals surface area contributed by atoms with E-state index in [9.17, 15) is 13.2 Å². The fourth-order valence-electron chi connectivity index (χ4n) is 2.59. The number of ether oxygens (including phenoxy) is 1. The van der Waals surface area contributed by atoms with Crippen LogP contribution in [0.2, 0.25) is 0 Å². The van der Waals surface area contributed by atoms with Crippen LogP contribution in [-0.2, 0) is 27.7 Å². The minimum atomic E-state index is -3.57. The van der Waals surface area contributed by atoms with Crippen molar-refractivity contribution in [3.05, 3.63) is 53.6 Å². The lowest BCUT2D eigenvalue weighted by atomic mass is 10.1. The molecular weight excluding hydrogens is 378 g/mol. The first-order chi connectivity index (χ1) is 13.3. The number of nitrogens with zero attached hydrogens (tertiary/aromatic N) is 2. The summed E-state index contributed by atoms with van der Waals surface area (Å²) in [7, 11) is 0.869. The van der Waals surface area contributed by atoms with Gasteiger partial charge in [-0.1, -0.05) is 12.1 Å². The van der Waals surface area contributed by atoms with Crippen LogP contribution in [0, 0.1) is 11.3 Å². The number of carbonyl (C=O) groups excluding carboxylic acids is 1. The quantitative estimate of drug-likeness (QED) is 0.733. The fraction of sp³-hybridized carbons (Fsp3) is 0.300. The first kappa shape index (κ1) is 21.4. The number of sulfonamides is 1. The van der Waals surface area contributed by atoms with Crippen LogP contribution in [0.1, 0.15) is 17.5 Å². The summed E-state index contributed by atoms with van der Waals surface area (Å²) in [6.07, 6.45) is 0.820. The number of carbonyl (C=O) groups is 1. The number of nitrogens with one attached hydrogen (secondary N) is 1. The van der Waals surface area contributed by atoms with E-state index in [1.54, 1.807) is 30.3 Å². The van der Waals surface area contributed by atoms with E-state index in [-0.39, 0.29) is 17.2 Å². The molecule has 0 saturated carbocycles. The first-order valence-corrected chi connectivity index (χ1v) is 10.1. The fourth-order valence-corrected chi connectivity index (χ4v) is 3.54. The number of hydrogen-bond donors (Lipinski definition) is 1. The topological polar surface area (TPSA) is 99.5 Å². The molecule has 1 amide bonds. The molecule has 0 aromatic heterocycles. The van der Waals surface area contributed by atoms with E-state index in [4.69, 9.17) is 10.00 Å². The zero-order chi connectivity index (χ0) is 20.7. The standard InChI is InChI=1S/C20H23N3O4S/c1-23(2)28(25,26)18-9-10-19(27-3)16(14-18)6-11-20(24)22-17-7-4-15(5-8-17)12-13-21/h4-5,7-10,14H,6,11-12H2,1-3H3,(H,22,24). The van der Waals surface area contributed by atoms with Crippen molar-refractivity contribution < 1.29 is 17.9 Å². The normalized spacial score (nSPS) is 11.1. The predicted molar refractivity (Wildman–Crippen MR) is 107 cm³/mol. The second-order valence-electron chi connectivity index (χ2n) is 6.34. The van der Waals surface area contributed by atoms with E-state index in [0.29, 0.717) is 29.8 Å². The lowest BCUT2D eigenvalue weighted by molar-refractivity contribution is -0.116. The highest BCUT2D eigenvalue weighted by molar-refractivity contribution is 7.89. The number of anilines is 1. The van der Waals surface area contributed by atoms with Gasteiger partial charge in [-0.3, -0.25) is 4.79 Å². The summed E-state index contributed by atoms with van der Waals surface area (Å²) in [5.41, 5.74) is 2.16. The minimum Gasteiger partial charge on any atom is -0.496 e. The number of benzene rings is 2. The number of nitriles is 1. The SMILES string of the molecule is COc1ccc(S(=O)(=O)N(C)C)cc1CCC(=O)Nc1ccc(CC#N)cc1. The Morgan fingerprint density at radius 1 is 1.18 bits per heavy atom. The molecule has 28 heavy (non-hydrogen) atoms. The Morgan fingerprint density at radius 3 is 2.43 bits per heavy atom. The van der Waals surface area contributed by atoms with E-state index in [1.807, 2.05) is 0 Å². The maximum Gasteiger partial charge on any atom is 0.242 e. The van der Waals surface area contributed by atoms with Gasteiger partial charge in [-0.2, -0.15) is 5.26 Å². The van der Waals surface area contributed by atoms with Crippen molar-refractivity contribution in [3.8, 4) is 11.8 Å². The van der Waals surface area contributed by atoms with Gasteiger partial charge >= 0.3 is 0 Å². The average Bonchev–Trinajstić information content (AvgIpc) is 2.67. The molecule has 148 valence electrons. The van der Waals surface area contributed by atoms with Gasteiger partial charge in [0.25, 0.3) is 0 Å². The smallest absolute Gasteiger partial charge is 0.242 e. The summed E-state index contributed by atoms with van der Waals surface area (Å²) in [4.78, 5) is 12.4. The highest BCUT2D eigenvalue weighted by Gasteiger charge is 2.19. The van der Waals surface area contributed by atoms with E-state index in [2.05, 4.69) is 11.4 Å². The maximum atomic E-state index is 12.3. The van der Waals surface area contributed by atoms with Crippen molar-refractivity contribution in [2.24, 2.45) is 0 Å². The van der Waals surface area contributed by atoms with E-state index in [0.717, 1.165) is 9.87 Å². The molecule has 0 bridgehead atoms. The lowest BCUT2D eigenvalue weighted by Crippen LogP contribution is -2.22. The molecular formula is C20H23N3O4S. The van der Waals surface area contributed by atoms with Gasteiger partial charge in [0.15, 0.2) is 0 Å². The zero-order valence-electron chi connectivity index (χ0n) is 16.1. The summed E-state index contributed by atoms with van der Waals surface area (Å²) in [6.45, 7) is 0. The summed E-state index contributed by atoms with van der Waals surface area (Å²) in [5, 5.41) is 11.5. The van der Waals surface area contributed by atoms with Crippen LogP contribution >= 0.6 is 0 Å². The molecule has 0 heterocycles. The molecule has 2 rings (SSSR count). The van der Waals surface area contributed by atoms with Gasteiger partial charge in [-0.15, -0.1) is 0 Å². The Hall–Kier alpha value is -2.89. The molecule has 1 N–H and O–H groups in total. The average molecular weight is 401 g/mol. The van der Waals surface area contributed by atoms with Gasteiger partial charge in [-0.05, 0) is 47.9 Å². The van der Waals surface area contributed by atoms with E-state index < -0.39 is 10.0 Å². The van der Waals surface area contributed by atoms with Crippen LogP contribution in [0.4, 0.5) is 5.69 Å². The monoisotopic (exact) mass is 401 g/mol. The Bertz CT molecular complexity index is 978. The molecule has 2 aromatic rings. The van der Waals surface area contributed by atoms with Crippen molar-refractivity contribution in [2.45, 2.75) is 24.2 Å². The third-order valence-electron chi connectivity index (χ3n) is 4.17. The Morgan fingerprint density at radius 2 is 1.86 bits per heavy atom. The molecule has 0 fully saturated rings. The van der Waals surface area contributed by atoms with Crippen molar-refractivity contribution in [1.82, 2.24) is 4.31 Å². The molecule has 0 saturated heterocycles. The van der Waals surface area contributed by atoms with Crippen LogP contribution in [0.15, 0.2) is 47.4 Å². The number of rotatable bonds is 8. The highest BCUT2D eigenvalue weighted by Crippen LogP contribution is 2.25. The van der Waals surface area contributed by atoms with Crippen LogP contribution < -0.4 is 10.1 Å². The third-order valence-corrected chi connectivity index (χ3v) is 5.98. The molecule has 0 aliphatic rings.